The van der Waals surface area contributed by atoms with E-state index in [-0.39, 0.29) is 36.8 Å². The van der Waals surface area contributed by atoms with Crippen LogP contribution in [0.5, 0.6) is 0 Å². The number of rotatable bonds is 7. The number of carbonyl (C=O) groups excluding carboxylic acids is 1. The van der Waals surface area contributed by atoms with Gasteiger partial charge in [0.1, 0.15) is 17.2 Å². The summed E-state index contributed by atoms with van der Waals surface area (Å²) in [5, 5.41) is 5.66. The van der Waals surface area contributed by atoms with Gasteiger partial charge in [0.25, 0.3) is 5.91 Å². The summed E-state index contributed by atoms with van der Waals surface area (Å²) in [5.74, 6) is 1.56. The summed E-state index contributed by atoms with van der Waals surface area (Å²) in [7, 11) is 0. The fourth-order valence-electron chi connectivity index (χ4n) is 2.86. The van der Waals surface area contributed by atoms with Crippen molar-refractivity contribution in [2.24, 2.45) is 5.73 Å². The van der Waals surface area contributed by atoms with Crippen molar-refractivity contribution in [3.63, 3.8) is 0 Å². The fraction of sp³-hybridized carbons (Fsp3) is 0.529. The van der Waals surface area contributed by atoms with Crippen molar-refractivity contribution >= 4 is 42.1 Å². The normalized spacial score (nSPS) is 15.5. The van der Waals surface area contributed by atoms with Crippen LogP contribution in [-0.4, -0.2) is 55.2 Å². The van der Waals surface area contributed by atoms with Gasteiger partial charge in [0, 0.05) is 31.4 Å². The Morgan fingerprint density at radius 3 is 2.74 bits per heavy atom. The van der Waals surface area contributed by atoms with Crippen molar-refractivity contribution in [2.45, 2.75) is 19.4 Å². The van der Waals surface area contributed by atoms with Crippen molar-refractivity contribution in [1.29, 1.82) is 0 Å². The molecule has 0 aromatic carbocycles. The van der Waals surface area contributed by atoms with Crippen LogP contribution in [0.15, 0.2) is 21.9 Å². The average molecular weight is 437 g/mol. The maximum absolute atomic E-state index is 12.4. The van der Waals surface area contributed by atoms with E-state index in [1.165, 1.54) is 11.3 Å². The molecule has 3 N–H and O–H groups in total. The first kappa shape index (κ1) is 23.9. The van der Waals surface area contributed by atoms with Crippen LogP contribution in [0.2, 0.25) is 0 Å². The highest BCUT2D eigenvalue weighted by Crippen LogP contribution is 2.23. The van der Waals surface area contributed by atoms with Gasteiger partial charge in [-0.25, -0.2) is 4.98 Å². The molecule has 1 amide bonds. The van der Waals surface area contributed by atoms with Gasteiger partial charge in [-0.05, 0) is 25.6 Å². The van der Waals surface area contributed by atoms with Crippen molar-refractivity contribution in [3.8, 4) is 0 Å². The lowest BCUT2D eigenvalue weighted by Crippen LogP contribution is -2.43. The molecule has 0 radical (unpaired) electrons. The van der Waals surface area contributed by atoms with Gasteiger partial charge in [-0.15, -0.1) is 36.2 Å². The molecule has 7 nitrogen and oxygen atoms in total. The van der Waals surface area contributed by atoms with Gasteiger partial charge in [0.2, 0.25) is 0 Å². The molecule has 1 saturated heterocycles. The van der Waals surface area contributed by atoms with E-state index in [0.29, 0.717) is 38.4 Å². The van der Waals surface area contributed by atoms with Gasteiger partial charge in [0.05, 0.1) is 24.3 Å². The molecule has 1 aliphatic heterocycles. The second-order valence-corrected chi connectivity index (χ2v) is 6.93. The minimum atomic E-state index is -0.166. The number of nitrogens with zero attached hydrogens (tertiary/aromatic N) is 2. The lowest BCUT2D eigenvalue weighted by atomic mass is 10.1. The lowest BCUT2D eigenvalue weighted by Gasteiger charge is -2.33. The number of ether oxygens (including phenoxy) is 1. The molecule has 1 fully saturated rings. The van der Waals surface area contributed by atoms with E-state index < -0.39 is 0 Å². The van der Waals surface area contributed by atoms with E-state index in [0.717, 1.165) is 29.6 Å². The molecule has 1 aliphatic rings. The SMILES string of the molecule is Cc1ccc(C(CNC(=O)c2csc(CCN)n2)N2CCOCC2)o1.Cl.Cl. The maximum Gasteiger partial charge on any atom is 0.270 e. The fourth-order valence-corrected chi connectivity index (χ4v) is 3.66. The van der Waals surface area contributed by atoms with Crippen LogP contribution in [0.3, 0.4) is 0 Å². The summed E-state index contributed by atoms with van der Waals surface area (Å²) in [6.45, 7) is 5.94. The van der Waals surface area contributed by atoms with Crippen molar-refractivity contribution in [3.05, 3.63) is 39.7 Å². The molecule has 2 aromatic heterocycles. The van der Waals surface area contributed by atoms with Crippen LogP contribution in [0, 0.1) is 6.92 Å². The van der Waals surface area contributed by atoms with Crippen LogP contribution in [0.4, 0.5) is 0 Å². The van der Waals surface area contributed by atoms with E-state index in [4.69, 9.17) is 14.9 Å². The first-order valence-corrected chi connectivity index (χ1v) is 9.36. The van der Waals surface area contributed by atoms with Gasteiger partial charge < -0.3 is 20.2 Å². The standard InChI is InChI=1S/C17H24N4O3S.2ClH/c1-12-2-3-15(24-12)14(21-6-8-23-9-7-21)10-19-17(22)13-11-25-16(20-13)4-5-18;;/h2-3,11,14H,4-10,18H2,1H3,(H,19,22);2*1H. The Morgan fingerprint density at radius 2 is 2.11 bits per heavy atom. The Bertz CT molecular complexity index is 704. The third-order valence-corrected chi connectivity index (χ3v) is 5.08. The molecular weight excluding hydrogens is 411 g/mol. The minimum absolute atomic E-state index is 0. The molecule has 3 heterocycles. The predicted octanol–water partition coefficient (Wildman–Crippen LogP) is 2.19. The molecule has 1 unspecified atom stereocenters. The number of hydrogen-bond donors (Lipinski definition) is 2. The summed E-state index contributed by atoms with van der Waals surface area (Å²) in [5.41, 5.74) is 5.98. The number of furan rings is 1. The van der Waals surface area contributed by atoms with E-state index in [1.807, 2.05) is 19.1 Å². The smallest absolute Gasteiger partial charge is 0.270 e. The highest BCUT2D eigenvalue weighted by atomic mass is 35.5. The van der Waals surface area contributed by atoms with Crippen molar-refractivity contribution in [2.75, 3.05) is 39.4 Å². The number of amides is 1. The quantitative estimate of drug-likeness (QED) is 0.690. The van der Waals surface area contributed by atoms with Crippen LogP contribution in [0.1, 0.15) is 33.1 Å². The van der Waals surface area contributed by atoms with Crippen molar-refractivity contribution in [1.82, 2.24) is 15.2 Å². The van der Waals surface area contributed by atoms with Gasteiger partial charge in [-0.1, -0.05) is 0 Å². The third kappa shape index (κ3) is 6.44. The molecule has 3 rings (SSSR count). The molecule has 2 aromatic rings. The lowest BCUT2D eigenvalue weighted by molar-refractivity contribution is 0.0117. The maximum atomic E-state index is 12.4. The molecule has 1 atom stereocenters. The van der Waals surface area contributed by atoms with Crippen LogP contribution >= 0.6 is 36.2 Å². The number of nitrogens with one attached hydrogen (secondary N) is 1. The van der Waals surface area contributed by atoms with E-state index in [1.54, 1.807) is 5.38 Å². The second-order valence-electron chi connectivity index (χ2n) is 5.99. The Kier molecular flexibility index (Phi) is 10.3. The zero-order chi connectivity index (χ0) is 17.6. The third-order valence-electron chi connectivity index (χ3n) is 4.17. The number of nitrogens with two attached hydrogens (primary N) is 1. The van der Waals surface area contributed by atoms with Crippen LogP contribution in [-0.2, 0) is 11.2 Å². The topological polar surface area (TPSA) is 93.6 Å². The number of aromatic nitrogens is 1. The highest BCUT2D eigenvalue weighted by Gasteiger charge is 2.26. The Morgan fingerprint density at radius 1 is 1.37 bits per heavy atom. The van der Waals surface area contributed by atoms with Gasteiger partial charge in [0.15, 0.2) is 0 Å². The van der Waals surface area contributed by atoms with Crippen molar-refractivity contribution < 1.29 is 13.9 Å². The van der Waals surface area contributed by atoms with E-state index in [9.17, 15) is 4.79 Å². The summed E-state index contributed by atoms with van der Waals surface area (Å²) in [6, 6.07) is 3.91. The number of thiazole rings is 1. The second kappa shape index (κ2) is 11.6. The Hall–Kier alpha value is -1.16. The first-order chi connectivity index (χ1) is 12.2. The highest BCUT2D eigenvalue weighted by molar-refractivity contribution is 7.09. The van der Waals surface area contributed by atoms with Crippen LogP contribution < -0.4 is 11.1 Å². The molecule has 152 valence electrons. The number of halogens is 2. The summed E-state index contributed by atoms with van der Waals surface area (Å²) in [4.78, 5) is 19.0. The molecular formula is C17H26Cl2N4O3S. The average Bonchev–Trinajstić information content (AvgIpc) is 3.26. The Labute approximate surface area is 175 Å². The zero-order valence-corrected chi connectivity index (χ0v) is 17.6. The molecule has 0 spiro atoms. The number of hydrogen-bond acceptors (Lipinski definition) is 7. The number of aryl methyl sites for hydroxylation is 1. The molecule has 27 heavy (non-hydrogen) atoms. The molecule has 0 saturated carbocycles. The molecule has 0 bridgehead atoms. The first-order valence-electron chi connectivity index (χ1n) is 8.48. The summed E-state index contributed by atoms with van der Waals surface area (Å²) < 4.78 is 11.2. The molecule has 10 heteroatoms. The Balaban J connectivity index is 0.00000182. The van der Waals surface area contributed by atoms with E-state index in [2.05, 4.69) is 15.2 Å². The monoisotopic (exact) mass is 436 g/mol. The number of carbonyl (C=O) groups is 1. The minimum Gasteiger partial charge on any atom is -0.465 e. The molecule has 0 aliphatic carbocycles. The van der Waals surface area contributed by atoms with Crippen LogP contribution in [0.25, 0.3) is 0 Å². The van der Waals surface area contributed by atoms with Gasteiger partial charge in [-0.2, -0.15) is 0 Å². The predicted molar refractivity (Wildman–Crippen MR) is 110 cm³/mol. The van der Waals surface area contributed by atoms with Gasteiger partial charge >= 0.3 is 0 Å². The number of morpholine rings is 1. The van der Waals surface area contributed by atoms with Gasteiger partial charge in [-0.3, -0.25) is 9.69 Å². The zero-order valence-electron chi connectivity index (χ0n) is 15.2. The largest absolute Gasteiger partial charge is 0.465 e. The summed E-state index contributed by atoms with van der Waals surface area (Å²) in [6.07, 6.45) is 0.694. The van der Waals surface area contributed by atoms with E-state index >= 15 is 0 Å². The summed E-state index contributed by atoms with van der Waals surface area (Å²) >= 11 is 1.47.